The first-order valence-corrected chi connectivity index (χ1v) is 9.97. The van der Waals surface area contributed by atoms with Crippen molar-refractivity contribution in [2.45, 2.75) is 46.1 Å². The lowest BCUT2D eigenvalue weighted by atomic mass is 9.93. The number of non-ortho nitro benzene ring substituents is 1. The van der Waals surface area contributed by atoms with Crippen molar-refractivity contribution in [1.29, 1.82) is 0 Å². The third kappa shape index (κ3) is 4.24. The largest absolute Gasteiger partial charge is 0.465 e. The van der Waals surface area contributed by atoms with E-state index in [0.29, 0.717) is 36.0 Å². The molecule has 3 rings (SSSR count). The predicted octanol–water partition coefficient (Wildman–Crippen LogP) is 4.80. The third-order valence-electron chi connectivity index (χ3n) is 5.26. The molecule has 1 aliphatic heterocycles. The number of carbonyl (C=O) groups is 1. The molecule has 1 aromatic heterocycles. The van der Waals surface area contributed by atoms with Gasteiger partial charge < -0.3 is 14.2 Å². The molecule has 0 spiro atoms. The van der Waals surface area contributed by atoms with Crippen molar-refractivity contribution in [3.05, 3.63) is 56.5 Å². The first-order chi connectivity index (χ1) is 13.5. The van der Waals surface area contributed by atoms with Gasteiger partial charge in [-0.2, -0.15) is 0 Å². The number of rotatable bonds is 3. The number of carbonyl (C=O) groups excluding carboxylic acids is 1. The van der Waals surface area contributed by atoms with E-state index >= 15 is 0 Å². The maximum atomic E-state index is 13.1. The monoisotopic (exact) mass is 419 g/mol. The lowest BCUT2D eigenvalue weighted by Gasteiger charge is -2.41. The zero-order chi connectivity index (χ0) is 21.5. The van der Waals surface area contributed by atoms with Gasteiger partial charge in [0.1, 0.15) is 11.5 Å². The van der Waals surface area contributed by atoms with E-state index in [4.69, 9.17) is 16.0 Å². The lowest BCUT2D eigenvalue weighted by Crippen LogP contribution is -2.54. The lowest BCUT2D eigenvalue weighted by molar-refractivity contribution is -0.384. The molecule has 0 unspecified atom stereocenters. The molecule has 1 saturated heterocycles. The van der Waals surface area contributed by atoms with Crippen LogP contribution in [0, 0.1) is 17.0 Å². The zero-order valence-electron chi connectivity index (χ0n) is 17.4. The SMILES string of the molecule is Cc1oc(C(C)(C)C)cc1C(=O)N1CCN(c2ccc([N+](=O)[O-])cc2Cl)C[C@@H]1C. The smallest absolute Gasteiger partial charge is 0.271 e. The van der Waals surface area contributed by atoms with Gasteiger partial charge in [-0.25, -0.2) is 0 Å². The molecule has 156 valence electrons. The number of aryl methyl sites for hydroxylation is 1. The van der Waals surface area contributed by atoms with Crippen LogP contribution in [0.2, 0.25) is 5.02 Å². The number of nitrogens with zero attached hydrogens (tertiary/aromatic N) is 3. The number of furan rings is 1. The Labute approximate surface area is 175 Å². The normalized spacial score (nSPS) is 17.5. The summed E-state index contributed by atoms with van der Waals surface area (Å²) in [6.07, 6.45) is 0. The van der Waals surface area contributed by atoms with Gasteiger partial charge in [0, 0.05) is 43.2 Å². The first-order valence-electron chi connectivity index (χ1n) is 9.60. The van der Waals surface area contributed by atoms with Crippen LogP contribution in [-0.4, -0.2) is 41.4 Å². The van der Waals surface area contributed by atoms with Crippen molar-refractivity contribution in [3.8, 4) is 0 Å². The van der Waals surface area contributed by atoms with Crippen molar-refractivity contribution in [1.82, 2.24) is 4.90 Å². The molecule has 0 saturated carbocycles. The number of anilines is 1. The quantitative estimate of drug-likeness (QED) is 0.527. The predicted molar refractivity (Wildman–Crippen MR) is 113 cm³/mol. The molecule has 29 heavy (non-hydrogen) atoms. The number of hydrogen-bond donors (Lipinski definition) is 0. The van der Waals surface area contributed by atoms with E-state index in [2.05, 4.69) is 25.7 Å². The maximum absolute atomic E-state index is 13.1. The van der Waals surface area contributed by atoms with Crippen LogP contribution >= 0.6 is 11.6 Å². The van der Waals surface area contributed by atoms with Gasteiger partial charge in [-0.3, -0.25) is 14.9 Å². The molecular formula is C21H26ClN3O4. The Kier molecular flexibility index (Phi) is 5.63. The van der Waals surface area contributed by atoms with Crippen molar-refractivity contribution >= 4 is 28.9 Å². The summed E-state index contributed by atoms with van der Waals surface area (Å²) in [5.41, 5.74) is 1.14. The second-order valence-electron chi connectivity index (χ2n) is 8.52. The average molecular weight is 420 g/mol. The number of benzene rings is 1. The molecule has 8 heteroatoms. The minimum absolute atomic E-state index is 0.0364. The number of nitro groups is 1. The highest BCUT2D eigenvalue weighted by Crippen LogP contribution is 2.32. The molecule has 0 aliphatic carbocycles. The van der Waals surface area contributed by atoms with Crippen LogP contribution in [0.25, 0.3) is 0 Å². The highest BCUT2D eigenvalue weighted by molar-refractivity contribution is 6.33. The Bertz CT molecular complexity index is 948. The number of nitro benzene ring substituents is 1. The Morgan fingerprint density at radius 2 is 1.97 bits per heavy atom. The number of piperazine rings is 1. The molecule has 1 amide bonds. The topological polar surface area (TPSA) is 79.8 Å². The fourth-order valence-electron chi connectivity index (χ4n) is 3.56. The van der Waals surface area contributed by atoms with E-state index in [-0.39, 0.29) is 23.1 Å². The Hall–Kier alpha value is -2.54. The molecule has 0 radical (unpaired) electrons. The summed E-state index contributed by atoms with van der Waals surface area (Å²) < 4.78 is 5.83. The summed E-state index contributed by atoms with van der Waals surface area (Å²) in [5, 5.41) is 11.3. The minimum atomic E-state index is -0.464. The second kappa shape index (κ2) is 7.71. The van der Waals surface area contributed by atoms with Crippen LogP contribution in [-0.2, 0) is 5.41 Å². The highest BCUT2D eigenvalue weighted by atomic mass is 35.5. The summed E-state index contributed by atoms with van der Waals surface area (Å²) in [7, 11) is 0. The Morgan fingerprint density at radius 3 is 2.48 bits per heavy atom. The number of amides is 1. The summed E-state index contributed by atoms with van der Waals surface area (Å²) in [6, 6.07) is 6.29. The van der Waals surface area contributed by atoms with Crippen LogP contribution in [0.1, 0.15) is 49.6 Å². The van der Waals surface area contributed by atoms with Crippen molar-refractivity contribution in [3.63, 3.8) is 0 Å². The van der Waals surface area contributed by atoms with Gasteiger partial charge in [-0.15, -0.1) is 0 Å². The molecule has 7 nitrogen and oxygen atoms in total. The zero-order valence-corrected chi connectivity index (χ0v) is 18.1. The van der Waals surface area contributed by atoms with E-state index in [1.807, 2.05) is 24.8 Å². The van der Waals surface area contributed by atoms with E-state index in [0.717, 1.165) is 11.4 Å². The summed E-state index contributed by atoms with van der Waals surface area (Å²) in [5.74, 6) is 1.39. The van der Waals surface area contributed by atoms with E-state index in [9.17, 15) is 14.9 Å². The van der Waals surface area contributed by atoms with Gasteiger partial charge >= 0.3 is 0 Å². The van der Waals surface area contributed by atoms with E-state index in [1.54, 1.807) is 6.07 Å². The molecule has 1 aromatic carbocycles. The van der Waals surface area contributed by atoms with Crippen molar-refractivity contribution < 1.29 is 14.1 Å². The molecule has 1 aliphatic rings. The first kappa shape index (κ1) is 21.2. The van der Waals surface area contributed by atoms with Crippen LogP contribution in [0.4, 0.5) is 11.4 Å². The summed E-state index contributed by atoms with van der Waals surface area (Å²) in [6.45, 7) is 11.7. The van der Waals surface area contributed by atoms with Crippen LogP contribution in [0.15, 0.2) is 28.7 Å². The van der Waals surface area contributed by atoms with Crippen molar-refractivity contribution in [2.24, 2.45) is 0 Å². The highest BCUT2D eigenvalue weighted by Gasteiger charge is 2.32. The maximum Gasteiger partial charge on any atom is 0.271 e. The summed E-state index contributed by atoms with van der Waals surface area (Å²) in [4.78, 5) is 27.5. The Morgan fingerprint density at radius 1 is 1.28 bits per heavy atom. The van der Waals surface area contributed by atoms with Gasteiger partial charge in [0.2, 0.25) is 0 Å². The second-order valence-corrected chi connectivity index (χ2v) is 8.92. The van der Waals surface area contributed by atoms with Gasteiger partial charge in [-0.05, 0) is 26.0 Å². The summed E-state index contributed by atoms with van der Waals surface area (Å²) >= 11 is 6.28. The van der Waals surface area contributed by atoms with Gasteiger partial charge in [-0.1, -0.05) is 32.4 Å². The fraction of sp³-hybridized carbons (Fsp3) is 0.476. The molecule has 0 N–H and O–H groups in total. The Balaban J connectivity index is 1.76. The molecule has 1 fully saturated rings. The van der Waals surface area contributed by atoms with Crippen LogP contribution < -0.4 is 4.90 Å². The molecular weight excluding hydrogens is 394 g/mol. The minimum Gasteiger partial charge on any atom is -0.465 e. The van der Waals surface area contributed by atoms with Gasteiger partial charge in [0.05, 0.1) is 21.2 Å². The standard InChI is InChI=1S/C21H26ClN3O4/c1-13-12-23(18-7-6-15(25(27)28)10-17(18)22)8-9-24(13)20(26)16-11-19(21(3,4)5)29-14(16)2/h6-7,10-11,13H,8-9,12H2,1-5H3/t13-/m0/s1. The average Bonchev–Trinajstić information content (AvgIpc) is 3.03. The van der Waals surface area contributed by atoms with Crippen LogP contribution in [0.3, 0.4) is 0 Å². The molecule has 1 atom stereocenters. The van der Waals surface area contributed by atoms with E-state index < -0.39 is 4.92 Å². The third-order valence-corrected chi connectivity index (χ3v) is 5.56. The molecule has 2 heterocycles. The number of hydrogen-bond acceptors (Lipinski definition) is 5. The van der Waals surface area contributed by atoms with E-state index in [1.165, 1.54) is 12.1 Å². The molecule has 2 aromatic rings. The van der Waals surface area contributed by atoms with Gasteiger partial charge in [0.25, 0.3) is 11.6 Å². The van der Waals surface area contributed by atoms with Crippen LogP contribution in [0.5, 0.6) is 0 Å². The van der Waals surface area contributed by atoms with Crippen molar-refractivity contribution in [2.75, 3.05) is 24.5 Å². The van der Waals surface area contributed by atoms with Gasteiger partial charge in [0.15, 0.2) is 0 Å². The number of halogens is 1. The molecule has 0 bridgehead atoms. The fourth-order valence-corrected chi connectivity index (χ4v) is 3.86.